The van der Waals surface area contributed by atoms with Crippen molar-refractivity contribution in [3.8, 4) is 16.9 Å². The summed E-state index contributed by atoms with van der Waals surface area (Å²) in [5.74, 6) is 0.676. The van der Waals surface area contributed by atoms with Crippen molar-refractivity contribution in [2.45, 2.75) is 25.8 Å². The van der Waals surface area contributed by atoms with Crippen molar-refractivity contribution in [3.63, 3.8) is 0 Å². The summed E-state index contributed by atoms with van der Waals surface area (Å²) in [6, 6.07) is 20.6. The molecule has 0 atom stereocenters. The molecule has 5 heteroatoms. The third-order valence-electron chi connectivity index (χ3n) is 6.38. The molecule has 1 aromatic heterocycles. The fourth-order valence-electron chi connectivity index (χ4n) is 4.43. The van der Waals surface area contributed by atoms with Crippen molar-refractivity contribution < 1.29 is 9.53 Å². The molecule has 4 rings (SSSR count). The lowest BCUT2D eigenvalue weighted by atomic mass is 9.73. The minimum Gasteiger partial charge on any atom is -0.497 e. The number of methoxy groups -OCH3 is 1. The molecule has 0 radical (unpaired) electrons. The number of amides is 1. The molecule has 3 aromatic rings. The minimum atomic E-state index is -0.493. The molecule has 1 aliphatic heterocycles. The van der Waals surface area contributed by atoms with Crippen LogP contribution in [0.3, 0.4) is 0 Å². The van der Waals surface area contributed by atoms with Gasteiger partial charge in [-0.15, -0.1) is 0 Å². The molecule has 0 spiro atoms. The van der Waals surface area contributed by atoms with Gasteiger partial charge in [0.2, 0.25) is 5.91 Å². The number of benzene rings is 2. The smallest absolute Gasteiger partial charge is 0.224 e. The summed E-state index contributed by atoms with van der Waals surface area (Å²) in [5.41, 5.74) is 10.1. The number of ether oxygens (including phenoxy) is 1. The maximum Gasteiger partial charge on any atom is 0.224 e. The Kier molecular flexibility index (Phi) is 6.33. The van der Waals surface area contributed by atoms with Gasteiger partial charge in [-0.3, -0.25) is 14.7 Å². The Hall–Kier alpha value is -3.18. The van der Waals surface area contributed by atoms with Gasteiger partial charge in [-0.05, 0) is 78.9 Å². The van der Waals surface area contributed by atoms with E-state index in [1.165, 1.54) is 5.56 Å². The van der Waals surface area contributed by atoms with E-state index in [9.17, 15) is 4.79 Å². The van der Waals surface area contributed by atoms with E-state index in [1.54, 1.807) is 19.5 Å². The van der Waals surface area contributed by atoms with Crippen molar-refractivity contribution in [1.29, 1.82) is 0 Å². The Bertz CT molecular complexity index is 1010. The molecule has 1 amide bonds. The van der Waals surface area contributed by atoms with Gasteiger partial charge in [0.25, 0.3) is 0 Å². The first-order valence-electron chi connectivity index (χ1n) is 10.7. The van der Waals surface area contributed by atoms with E-state index in [-0.39, 0.29) is 5.91 Å². The fourth-order valence-corrected chi connectivity index (χ4v) is 4.43. The summed E-state index contributed by atoms with van der Waals surface area (Å²) < 4.78 is 5.24. The molecule has 0 bridgehead atoms. The van der Waals surface area contributed by atoms with Gasteiger partial charge in [0.15, 0.2) is 0 Å². The summed E-state index contributed by atoms with van der Waals surface area (Å²) in [6.07, 6.45) is 5.82. The summed E-state index contributed by atoms with van der Waals surface area (Å²) in [7, 11) is 1.68. The quantitative estimate of drug-likeness (QED) is 0.632. The molecule has 0 aliphatic carbocycles. The fraction of sp³-hybridized carbons (Fsp3) is 0.308. The van der Waals surface area contributed by atoms with E-state index in [0.717, 1.165) is 54.9 Å². The van der Waals surface area contributed by atoms with Crippen molar-refractivity contribution in [2.75, 3.05) is 20.2 Å². The van der Waals surface area contributed by atoms with Crippen molar-refractivity contribution in [3.05, 3.63) is 84.2 Å². The SMILES string of the molecule is COc1ccc(CN2CCC(Cc3cccc(-c4ccncc4)c3)(C(N)=O)CC2)cc1. The number of carbonyl (C=O) groups is 1. The van der Waals surface area contributed by atoms with Crippen molar-refractivity contribution >= 4 is 5.91 Å². The van der Waals surface area contributed by atoms with E-state index in [2.05, 4.69) is 46.3 Å². The Morgan fingerprint density at radius 3 is 2.35 bits per heavy atom. The van der Waals surface area contributed by atoms with Crippen molar-refractivity contribution in [1.82, 2.24) is 9.88 Å². The van der Waals surface area contributed by atoms with Gasteiger partial charge < -0.3 is 10.5 Å². The molecule has 1 aliphatic rings. The highest BCUT2D eigenvalue weighted by Crippen LogP contribution is 2.36. The van der Waals surface area contributed by atoms with Crippen LogP contribution in [-0.2, 0) is 17.8 Å². The number of nitrogens with zero attached hydrogens (tertiary/aromatic N) is 2. The van der Waals surface area contributed by atoms with Crippen LogP contribution in [0.2, 0.25) is 0 Å². The van der Waals surface area contributed by atoms with E-state index in [0.29, 0.717) is 6.42 Å². The number of hydrogen-bond acceptors (Lipinski definition) is 4. The molecule has 5 nitrogen and oxygen atoms in total. The van der Waals surface area contributed by atoms with Gasteiger partial charge in [0.05, 0.1) is 12.5 Å². The largest absolute Gasteiger partial charge is 0.497 e. The molecule has 1 fully saturated rings. The first kappa shape index (κ1) is 21.1. The number of carbonyl (C=O) groups excluding carboxylic acids is 1. The lowest BCUT2D eigenvalue weighted by Crippen LogP contribution is -2.48. The van der Waals surface area contributed by atoms with Crippen LogP contribution in [0.25, 0.3) is 11.1 Å². The van der Waals surface area contributed by atoms with Gasteiger partial charge >= 0.3 is 0 Å². The molecule has 2 N–H and O–H groups in total. The summed E-state index contributed by atoms with van der Waals surface area (Å²) >= 11 is 0. The maximum absolute atomic E-state index is 12.6. The maximum atomic E-state index is 12.6. The van der Waals surface area contributed by atoms with Crippen LogP contribution in [0.5, 0.6) is 5.75 Å². The first-order chi connectivity index (χ1) is 15.1. The lowest BCUT2D eigenvalue weighted by Gasteiger charge is -2.40. The molecule has 2 aromatic carbocycles. The third-order valence-corrected chi connectivity index (χ3v) is 6.38. The molecule has 0 saturated carbocycles. The average Bonchev–Trinajstić information content (AvgIpc) is 2.81. The third kappa shape index (κ3) is 4.94. The minimum absolute atomic E-state index is 0.189. The van der Waals surface area contributed by atoms with E-state index in [4.69, 9.17) is 10.5 Å². The number of pyridine rings is 1. The van der Waals surface area contributed by atoms with Crippen LogP contribution >= 0.6 is 0 Å². The van der Waals surface area contributed by atoms with Crippen LogP contribution in [-0.4, -0.2) is 36.0 Å². The normalized spacial score (nSPS) is 16.0. The van der Waals surface area contributed by atoms with E-state index in [1.807, 2.05) is 24.3 Å². The Morgan fingerprint density at radius 2 is 1.71 bits per heavy atom. The second-order valence-corrected chi connectivity index (χ2v) is 8.38. The highest BCUT2D eigenvalue weighted by Gasteiger charge is 2.39. The molecular weight excluding hydrogens is 386 g/mol. The zero-order valence-electron chi connectivity index (χ0n) is 18.0. The predicted octanol–water partition coefficient (Wildman–Crippen LogP) is 4.07. The van der Waals surface area contributed by atoms with Crippen LogP contribution in [0.1, 0.15) is 24.0 Å². The molecule has 2 heterocycles. The van der Waals surface area contributed by atoms with Crippen LogP contribution in [0.4, 0.5) is 0 Å². The second-order valence-electron chi connectivity index (χ2n) is 8.38. The number of piperidine rings is 1. The predicted molar refractivity (Wildman–Crippen MR) is 123 cm³/mol. The number of likely N-dealkylation sites (tertiary alicyclic amines) is 1. The monoisotopic (exact) mass is 415 g/mol. The number of nitrogens with two attached hydrogens (primary N) is 1. The molecule has 0 unspecified atom stereocenters. The number of primary amides is 1. The van der Waals surface area contributed by atoms with E-state index < -0.39 is 5.41 Å². The second kappa shape index (κ2) is 9.31. The van der Waals surface area contributed by atoms with Gasteiger partial charge in [-0.25, -0.2) is 0 Å². The van der Waals surface area contributed by atoms with E-state index >= 15 is 0 Å². The Balaban J connectivity index is 1.44. The molecule has 31 heavy (non-hydrogen) atoms. The summed E-state index contributed by atoms with van der Waals surface area (Å²) in [4.78, 5) is 19.0. The van der Waals surface area contributed by atoms with Crippen LogP contribution in [0, 0.1) is 5.41 Å². The standard InChI is InChI=1S/C26H29N3O2/c1-31-24-7-5-20(6-8-24)19-29-15-11-26(12-16-29,25(27)30)18-21-3-2-4-23(17-21)22-9-13-28-14-10-22/h2-10,13-14,17H,11-12,15-16,18-19H2,1H3,(H2,27,30). The first-order valence-corrected chi connectivity index (χ1v) is 10.7. The number of aromatic nitrogens is 1. The number of hydrogen-bond donors (Lipinski definition) is 1. The van der Waals surface area contributed by atoms with Gasteiger partial charge in [0, 0.05) is 18.9 Å². The van der Waals surface area contributed by atoms with Crippen LogP contribution < -0.4 is 10.5 Å². The van der Waals surface area contributed by atoms with Gasteiger partial charge in [-0.1, -0.05) is 36.4 Å². The number of rotatable bonds is 7. The van der Waals surface area contributed by atoms with Crippen molar-refractivity contribution in [2.24, 2.45) is 11.1 Å². The summed E-state index contributed by atoms with van der Waals surface area (Å²) in [5, 5.41) is 0. The zero-order chi connectivity index (χ0) is 21.7. The molecular formula is C26H29N3O2. The van der Waals surface area contributed by atoms with Gasteiger partial charge in [-0.2, -0.15) is 0 Å². The summed E-state index contributed by atoms with van der Waals surface area (Å²) in [6.45, 7) is 2.59. The highest BCUT2D eigenvalue weighted by molar-refractivity contribution is 5.81. The average molecular weight is 416 g/mol. The topological polar surface area (TPSA) is 68.4 Å². The molecule has 1 saturated heterocycles. The Labute approximate surface area is 183 Å². The Morgan fingerprint density at radius 1 is 1.00 bits per heavy atom. The molecule has 160 valence electrons. The lowest BCUT2D eigenvalue weighted by molar-refractivity contribution is -0.130. The zero-order valence-corrected chi connectivity index (χ0v) is 18.0. The van der Waals surface area contributed by atoms with Crippen LogP contribution in [0.15, 0.2) is 73.1 Å². The highest BCUT2D eigenvalue weighted by atomic mass is 16.5. The van der Waals surface area contributed by atoms with Gasteiger partial charge in [0.1, 0.15) is 5.75 Å².